The van der Waals surface area contributed by atoms with Crippen molar-refractivity contribution >= 4 is 35.7 Å². The van der Waals surface area contributed by atoms with Gasteiger partial charge in [0.15, 0.2) is 0 Å². The van der Waals surface area contributed by atoms with E-state index in [-0.39, 0.29) is 35.7 Å². The van der Waals surface area contributed by atoms with Crippen molar-refractivity contribution in [3.63, 3.8) is 0 Å². The van der Waals surface area contributed by atoms with Gasteiger partial charge in [0.05, 0.1) is 0 Å². The number of carbonyl (C=O) groups is 6. The van der Waals surface area contributed by atoms with Gasteiger partial charge in [-0.25, -0.2) is 5.92 Å². The van der Waals surface area contributed by atoms with Crippen LogP contribution in [0.15, 0.2) is 0 Å². The van der Waals surface area contributed by atoms with Gasteiger partial charge < -0.3 is 30.9 Å². The minimum atomic E-state index is -0.0748. The van der Waals surface area contributed by atoms with Gasteiger partial charge in [-0.05, 0) is 45.5 Å². The summed E-state index contributed by atoms with van der Waals surface area (Å²) in [4.78, 5) is 58.6. The van der Waals surface area contributed by atoms with E-state index in [4.69, 9.17) is 11.2 Å². The Morgan fingerprint density at radius 3 is 1.39 bits per heavy atom. The van der Waals surface area contributed by atoms with E-state index in [9.17, 15) is 24.0 Å². The fourth-order valence-electron chi connectivity index (χ4n) is 0.752. The lowest BCUT2D eigenvalue weighted by Crippen LogP contribution is -2.16. The van der Waals surface area contributed by atoms with Gasteiger partial charge in [-0.3, -0.25) is 25.1 Å². The van der Waals surface area contributed by atoms with Crippen molar-refractivity contribution < 1.29 is 28.8 Å². The second-order valence-electron chi connectivity index (χ2n) is 6.12. The van der Waals surface area contributed by atoms with Crippen LogP contribution < -0.4 is 21.3 Å². The number of amides is 4. The lowest BCUT2D eigenvalue weighted by atomic mass is 10.3. The standard InChI is InChI=1S/C10H8NO.C5H10O.2C3H7NO.C3H6O.C2H5NO/c1-3-4-5-6-7-8-9-10(12)11-2;1-3-4-5(2)6;2*1-3(5)4-2;1-3(2)4;1-3-2-4/h1,8H,9H2,2H3,(H,11,12);3-4H2,1-2H3;2*1-2H3,(H,4,5);1-2H3;2H,1H3,(H,3,4)/q-1;;;;;. The summed E-state index contributed by atoms with van der Waals surface area (Å²) in [6, 6.07) is 0. The molecule has 0 aromatic rings. The lowest BCUT2D eigenvalue weighted by Gasteiger charge is -1.97. The highest BCUT2D eigenvalue weighted by atomic mass is 16.2. The Morgan fingerprint density at radius 2 is 1.19 bits per heavy atom. The van der Waals surface area contributed by atoms with Crippen LogP contribution in [0.25, 0.3) is 0 Å². The highest BCUT2D eigenvalue weighted by Crippen LogP contribution is 1.84. The molecule has 0 atom stereocenters. The molecule has 4 amide bonds. The van der Waals surface area contributed by atoms with Crippen LogP contribution >= 0.6 is 0 Å². The van der Waals surface area contributed by atoms with Crippen LogP contribution in [-0.4, -0.2) is 63.9 Å². The minimum absolute atomic E-state index is 0.00463. The third-order valence-electron chi connectivity index (χ3n) is 2.36. The molecule has 0 aromatic heterocycles. The molecule has 0 heterocycles. The number of carbonyl (C=O) groups excluding carboxylic acids is 6. The molecule has 0 saturated heterocycles. The topological polar surface area (TPSA) is 151 Å². The van der Waals surface area contributed by atoms with Gasteiger partial charge in [0.1, 0.15) is 11.6 Å². The van der Waals surface area contributed by atoms with Gasteiger partial charge >= 0.3 is 0 Å². The number of nitrogens with one attached hydrogen (secondary N) is 4. The highest BCUT2D eigenvalue weighted by molar-refractivity contribution is 5.77. The zero-order chi connectivity index (χ0) is 29.8. The first-order chi connectivity index (χ1) is 16.8. The molecule has 0 aromatic carbocycles. The van der Waals surface area contributed by atoms with Gasteiger partial charge in [-0.15, -0.1) is 12.3 Å². The monoisotopic (exact) mass is 507 g/mol. The van der Waals surface area contributed by atoms with Gasteiger partial charge in [0, 0.05) is 48.5 Å². The SMILES string of the molecule is C#CC#CC#C[CH-]CC(=O)NC.CC(C)=O.CCCC(C)=O.CNC(C)=O.CNC(C)=O.CNC=O. The second kappa shape index (κ2) is 44.4. The van der Waals surface area contributed by atoms with Crippen LogP contribution in [0.3, 0.4) is 0 Å². The molecule has 0 saturated carbocycles. The number of Topliss-reactive ketones (excluding diaryl/α,β-unsaturated/α-hetero) is 2. The molecule has 0 aliphatic carbocycles. The highest BCUT2D eigenvalue weighted by Gasteiger charge is 1.87. The predicted octanol–water partition coefficient (Wildman–Crippen LogP) is 0.804. The molecule has 0 unspecified atom stereocenters. The number of rotatable bonds is 5. The summed E-state index contributed by atoms with van der Waals surface area (Å²) in [5, 5.41) is 9.49. The maximum atomic E-state index is 10.6. The van der Waals surface area contributed by atoms with Gasteiger partial charge in [-0.2, -0.15) is 6.42 Å². The van der Waals surface area contributed by atoms with Crippen LogP contribution in [0.4, 0.5) is 0 Å². The van der Waals surface area contributed by atoms with Crippen molar-refractivity contribution in [2.45, 2.75) is 60.8 Å². The molecular formula is C26H43N4O6-. The zero-order valence-electron chi connectivity index (χ0n) is 23.3. The van der Waals surface area contributed by atoms with E-state index in [1.807, 2.05) is 6.92 Å². The largest absolute Gasteiger partial charge is 0.362 e. The van der Waals surface area contributed by atoms with Crippen LogP contribution in [-0.2, 0) is 28.8 Å². The Bertz CT molecular complexity index is 745. The molecule has 10 nitrogen and oxygen atoms in total. The molecule has 4 N–H and O–H groups in total. The Balaban J connectivity index is -0.0000000803. The van der Waals surface area contributed by atoms with Crippen molar-refractivity contribution in [1.82, 2.24) is 21.3 Å². The summed E-state index contributed by atoms with van der Waals surface area (Å²) in [5.41, 5.74) is 0. The first-order valence-corrected chi connectivity index (χ1v) is 10.7. The molecule has 10 heteroatoms. The molecule has 0 spiro atoms. The van der Waals surface area contributed by atoms with Crippen molar-refractivity contribution in [3.8, 4) is 36.0 Å². The van der Waals surface area contributed by atoms with Crippen molar-refractivity contribution in [3.05, 3.63) is 6.42 Å². The molecule has 0 rings (SSSR count). The van der Waals surface area contributed by atoms with E-state index in [0.29, 0.717) is 6.41 Å². The van der Waals surface area contributed by atoms with E-state index in [1.165, 1.54) is 34.1 Å². The molecular weight excluding hydrogens is 464 g/mol. The Labute approximate surface area is 217 Å². The molecule has 36 heavy (non-hydrogen) atoms. The summed E-state index contributed by atoms with van der Waals surface area (Å²) in [6.45, 7) is 9.62. The summed E-state index contributed by atoms with van der Waals surface area (Å²) in [5.74, 6) is 12.3. The zero-order valence-corrected chi connectivity index (χ0v) is 23.3. The first-order valence-electron chi connectivity index (χ1n) is 10.7. The van der Waals surface area contributed by atoms with Gasteiger partial charge in [0.25, 0.3) is 0 Å². The average molecular weight is 508 g/mol. The van der Waals surface area contributed by atoms with Gasteiger partial charge in [-0.1, -0.05) is 6.92 Å². The van der Waals surface area contributed by atoms with Crippen LogP contribution in [0.5, 0.6) is 0 Å². The average Bonchev–Trinajstić information content (AvgIpc) is 2.81. The van der Waals surface area contributed by atoms with E-state index in [0.717, 1.165) is 12.8 Å². The molecule has 0 radical (unpaired) electrons. The number of hydrogen-bond donors (Lipinski definition) is 4. The lowest BCUT2D eigenvalue weighted by molar-refractivity contribution is -0.120. The fraction of sp³-hybridized carbons (Fsp3) is 0.500. The summed E-state index contributed by atoms with van der Waals surface area (Å²) >= 11 is 0. The fourth-order valence-corrected chi connectivity index (χ4v) is 0.752. The van der Waals surface area contributed by atoms with E-state index in [1.54, 1.807) is 35.1 Å². The van der Waals surface area contributed by atoms with Crippen molar-refractivity contribution in [2.75, 3.05) is 28.2 Å². The Morgan fingerprint density at radius 1 is 0.806 bits per heavy atom. The normalized spacial score (nSPS) is 6.58. The molecule has 0 fully saturated rings. The summed E-state index contributed by atoms with van der Waals surface area (Å²) in [7, 11) is 6.33. The molecule has 0 aliphatic heterocycles. The second-order valence-corrected chi connectivity index (χ2v) is 6.12. The molecule has 0 bridgehead atoms. The van der Waals surface area contributed by atoms with E-state index in [2.05, 4.69) is 50.9 Å². The first kappa shape index (κ1) is 45.3. The molecule has 204 valence electrons. The third kappa shape index (κ3) is 130. The predicted molar refractivity (Wildman–Crippen MR) is 144 cm³/mol. The van der Waals surface area contributed by atoms with Crippen LogP contribution in [0.1, 0.15) is 60.8 Å². The molecule has 0 aliphatic rings. The Kier molecular flexibility index (Phi) is 55.9. The maximum absolute atomic E-state index is 10.6. The number of terminal acetylenes is 1. The minimum Gasteiger partial charge on any atom is -0.362 e. The van der Waals surface area contributed by atoms with Crippen molar-refractivity contribution in [2.24, 2.45) is 0 Å². The number of hydrogen-bond acceptors (Lipinski definition) is 6. The smallest absolute Gasteiger partial charge is 0.216 e. The van der Waals surface area contributed by atoms with Crippen LogP contribution in [0.2, 0.25) is 0 Å². The number of ketones is 2. The van der Waals surface area contributed by atoms with Crippen LogP contribution in [0, 0.1) is 42.4 Å². The van der Waals surface area contributed by atoms with E-state index < -0.39 is 0 Å². The third-order valence-corrected chi connectivity index (χ3v) is 2.36. The quantitative estimate of drug-likeness (QED) is 0.246. The maximum Gasteiger partial charge on any atom is 0.216 e. The summed E-state index contributed by atoms with van der Waals surface area (Å²) in [6.07, 6.45) is 9.00. The van der Waals surface area contributed by atoms with Crippen molar-refractivity contribution in [1.29, 1.82) is 0 Å². The van der Waals surface area contributed by atoms with E-state index >= 15 is 0 Å². The Hall–Kier alpha value is -4.23. The summed E-state index contributed by atoms with van der Waals surface area (Å²) < 4.78 is 0. The van der Waals surface area contributed by atoms with Gasteiger partial charge in [0.2, 0.25) is 24.1 Å².